The van der Waals surface area contributed by atoms with Gasteiger partial charge in [0.2, 0.25) is 0 Å². The van der Waals surface area contributed by atoms with Crippen LogP contribution in [0.4, 0.5) is 5.82 Å². The van der Waals surface area contributed by atoms with Gasteiger partial charge in [0.25, 0.3) is 0 Å². The SMILES string of the molecule is CC/C=C/C/C=C/C=C/C(O)CCCCCCCC(=O)OC[C@H](COP(=O)(O)OP(=O)(O)OC[C@H]1O[C@@H](n2ccc(N)nc2=O)[C@H](O)[C@@H]1O)OC(=O)CCCCCCCCCCCCCCCCCC(C)C. The average molecular weight is 1060 g/mol. The van der Waals surface area contributed by atoms with Gasteiger partial charge in [-0.05, 0) is 44.1 Å². The molecular weight excluding hydrogens is 973 g/mol. The molecule has 19 nitrogen and oxygen atoms in total. The van der Waals surface area contributed by atoms with Gasteiger partial charge in [-0.1, -0.05) is 179 Å². The summed E-state index contributed by atoms with van der Waals surface area (Å²) in [7, 11) is -10.9. The standard InChI is InChI=1S/C51H89N3O16P2/c1-4-5-6-7-17-22-27-32-42(55)33-28-23-20-25-29-34-46(56)65-38-43(68-47(57)35-30-24-19-16-14-12-10-8-9-11-13-15-18-21-26-31-41(2)3)39-66-71(61,62)70-72(63,64)67-40-44-48(58)49(59)50(69-44)54-37-36-45(52)53-51(54)60/h5-6,17,22,27,32,36-37,41-44,48-50,55,58-59H,4,7-16,18-21,23-26,28-31,33-35,38-40H2,1-3H3,(H,61,62)(H,63,64)(H2,52,53,60)/b6-5+,22-17+,32-27+/t42?,43-,44-,48-,49-,50-/m1/s1. The number of carbonyl (C=O) groups is 2. The molecule has 0 radical (unpaired) electrons. The van der Waals surface area contributed by atoms with Crippen molar-refractivity contribution in [3.05, 3.63) is 59.2 Å². The molecule has 21 heteroatoms. The zero-order valence-electron chi connectivity index (χ0n) is 43.3. The molecule has 0 amide bonds. The van der Waals surface area contributed by atoms with E-state index in [2.05, 4.69) is 42.2 Å². The predicted octanol–water partition coefficient (Wildman–Crippen LogP) is 10.00. The van der Waals surface area contributed by atoms with Crippen LogP contribution in [0.25, 0.3) is 0 Å². The van der Waals surface area contributed by atoms with Gasteiger partial charge in [0.15, 0.2) is 12.3 Å². The van der Waals surface area contributed by atoms with Crippen molar-refractivity contribution in [2.75, 3.05) is 25.6 Å². The minimum atomic E-state index is -5.44. The van der Waals surface area contributed by atoms with Gasteiger partial charge in [0, 0.05) is 19.0 Å². The quantitative estimate of drug-likeness (QED) is 0.0117. The number of carbonyl (C=O) groups excluding carboxylic acids is 2. The van der Waals surface area contributed by atoms with Gasteiger partial charge in [-0.15, -0.1) is 0 Å². The first-order valence-corrected chi connectivity index (χ1v) is 29.5. The molecule has 414 valence electrons. The zero-order chi connectivity index (χ0) is 53.0. The second-order valence-electron chi connectivity index (χ2n) is 19.0. The van der Waals surface area contributed by atoms with E-state index in [-0.39, 0.29) is 18.7 Å². The first-order valence-electron chi connectivity index (χ1n) is 26.5. The highest BCUT2D eigenvalue weighted by Crippen LogP contribution is 2.60. The number of hydrogen-bond acceptors (Lipinski definition) is 16. The normalized spacial score (nSPS) is 19.8. The van der Waals surface area contributed by atoms with E-state index < -0.39 is 89.8 Å². The van der Waals surface area contributed by atoms with Crippen molar-refractivity contribution in [2.24, 2.45) is 5.92 Å². The Kier molecular flexibility index (Phi) is 34.8. The number of nitrogens with two attached hydrogens (primary N) is 1. The van der Waals surface area contributed by atoms with E-state index in [4.69, 9.17) is 29.0 Å². The fourth-order valence-corrected chi connectivity index (χ4v) is 10.0. The largest absolute Gasteiger partial charge is 0.481 e. The molecule has 1 fully saturated rings. The van der Waals surface area contributed by atoms with E-state index in [1.165, 1.54) is 76.7 Å². The van der Waals surface area contributed by atoms with Gasteiger partial charge in [0.05, 0.1) is 19.3 Å². The predicted molar refractivity (Wildman–Crippen MR) is 276 cm³/mol. The van der Waals surface area contributed by atoms with E-state index in [0.29, 0.717) is 19.3 Å². The van der Waals surface area contributed by atoms with Gasteiger partial charge in [-0.25, -0.2) is 13.9 Å². The highest BCUT2D eigenvalue weighted by atomic mass is 31.3. The van der Waals surface area contributed by atoms with Crippen molar-refractivity contribution in [3.8, 4) is 0 Å². The molecule has 0 bridgehead atoms. The van der Waals surface area contributed by atoms with Crippen LogP contribution >= 0.6 is 15.6 Å². The highest BCUT2D eigenvalue weighted by molar-refractivity contribution is 7.61. The maximum Gasteiger partial charge on any atom is 0.481 e. The summed E-state index contributed by atoms with van der Waals surface area (Å²) in [6.45, 7) is 4.27. The number of aliphatic hydroxyl groups is 3. The smallest absolute Gasteiger partial charge is 0.462 e. The second-order valence-corrected chi connectivity index (χ2v) is 22.1. The van der Waals surface area contributed by atoms with Crippen molar-refractivity contribution in [1.82, 2.24) is 9.55 Å². The van der Waals surface area contributed by atoms with Crippen molar-refractivity contribution in [2.45, 2.75) is 224 Å². The number of allylic oxidation sites excluding steroid dienone is 5. The molecule has 0 saturated carbocycles. The van der Waals surface area contributed by atoms with Crippen LogP contribution in [0.5, 0.6) is 0 Å². The number of aliphatic hydroxyl groups excluding tert-OH is 3. The Balaban J connectivity index is 1.80. The third-order valence-electron chi connectivity index (χ3n) is 12.0. The van der Waals surface area contributed by atoms with Gasteiger partial charge in [-0.2, -0.15) is 9.29 Å². The average Bonchev–Trinajstić information content (AvgIpc) is 3.60. The Hall–Kier alpha value is -3.06. The molecular formula is C51H89N3O16P2. The molecule has 3 unspecified atom stereocenters. The summed E-state index contributed by atoms with van der Waals surface area (Å²) in [5.41, 5.74) is 4.58. The first-order chi connectivity index (χ1) is 34.4. The van der Waals surface area contributed by atoms with Crippen LogP contribution < -0.4 is 11.4 Å². The summed E-state index contributed by atoms with van der Waals surface area (Å²) in [5.74, 6) is -0.576. The number of nitrogens with zero attached hydrogens (tertiary/aromatic N) is 2. The first kappa shape index (κ1) is 65.1. The fraction of sp³-hybridized carbons (Fsp3) is 0.765. The van der Waals surface area contributed by atoms with Crippen LogP contribution in [0, 0.1) is 5.92 Å². The molecule has 1 saturated heterocycles. The van der Waals surface area contributed by atoms with Crippen LogP contribution in [0.1, 0.15) is 194 Å². The van der Waals surface area contributed by atoms with Crippen molar-refractivity contribution < 1.29 is 71.4 Å². The summed E-state index contributed by atoms with van der Waals surface area (Å²) in [4.78, 5) is 62.0. The Morgan fingerprint density at radius 3 is 1.86 bits per heavy atom. The number of rotatable bonds is 43. The fourth-order valence-electron chi connectivity index (χ4n) is 7.92. The molecule has 1 aromatic rings. The van der Waals surface area contributed by atoms with Crippen LogP contribution in [-0.2, 0) is 46.3 Å². The van der Waals surface area contributed by atoms with Crippen molar-refractivity contribution in [3.63, 3.8) is 0 Å². The number of hydrogen-bond donors (Lipinski definition) is 6. The molecule has 72 heavy (non-hydrogen) atoms. The number of anilines is 1. The number of phosphoric acid groups is 2. The summed E-state index contributed by atoms with van der Waals surface area (Å²) in [6, 6.07) is 1.24. The van der Waals surface area contributed by atoms with Crippen LogP contribution in [-0.4, -0.2) is 96.9 Å². The Morgan fingerprint density at radius 2 is 1.29 bits per heavy atom. The molecule has 7 N–H and O–H groups in total. The van der Waals surface area contributed by atoms with Gasteiger partial charge in [0.1, 0.15) is 30.7 Å². The maximum atomic E-state index is 12.9. The Labute approximate surface area is 428 Å². The van der Waals surface area contributed by atoms with E-state index in [9.17, 15) is 48.6 Å². The van der Waals surface area contributed by atoms with Crippen LogP contribution in [0.15, 0.2) is 53.5 Å². The molecule has 0 aliphatic carbocycles. The summed E-state index contributed by atoms with van der Waals surface area (Å²) in [6.07, 6.45) is 29.6. The van der Waals surface area contributed by atoms with Crippen LogP contribution in [0.2, 0.25) is 0 Å². The summed E-state index contributed by atoms with van der Waals surface area (Å²) >= 11 is 0. The molecule has 2 heterocycles. The van der Waals surface area contributed by atoms with Crippen LogP contribution in [0.3, 0.4) is 0 Å². The molecule has 1 aliphatic heterocycles. The third-order valence-corrected chi connectivity index (χ3v) is 14.6. The number of phosphoric ester groups is 2. The van der Waals surface area contributed by atoms with Gasteiger partial charge < -0.3 is 45.1 Å². The number of nitrogen functional groups attached to an aromatic ring is 1. The Morgan fingerprint density at radius 1 is 0.750 bits per heavy atom. The molecule has 0 aromatic carbocycles. The molecule has 1 aromatic heterocycles. The summed E-state index contributed by atoms with van der Waals surface area (Å²) < 4.78 is 56.8. The number of ether oxygens (including phenoxy) is 3. The topological polar surface area (TPSA) is 286 Å². The lowest BCUT2D eigenvalue weighted by Crippen LogP contribution is -2.36. The Bertz CT molecular complexity index is 1880. The molecule has 1 aliphatic rings. The lowest BCUT2D eigenvalue weighted by Gasteiger charge is -2.21. The minimum Gasteiger partial charge on any atom is -0.462 e. The third kappa shape index (κ3) is 31.6. The second kappa shape index (κ2) is 38.5. The van der Waals surface area contributed by atoms with E-state index >= 15 is 0 Å². The molecule has 8 atom stereocenters. The van der Waals surface area contributed by atoms with Crippen molar-refractivity contribution in [1.29, 1.82) is 0 Å². The highest BCUT2D eigenvalue weighted by Gasteiger charge is 2.46. The van der Waals surface area contributed by atoms with E-state index in [1.54, 1.807) is 6.08 Å². The number of unbranched alkanes of at least 4 members (excludes halogenated alkanes) is 18. The van der Waals surface area contributed by atoms with Crippen molar-refractivity contribution >= 4 is 33.4 Å². The van der Waals surface area contributed by atoms with Gasteiger partial charge >= 0.3 is 33.3 Å². The molecule has 0 spiro atoms. The summed E-state index contributed by atoms with van der Waals surface area (Å²) in [5, 5.41) is 31.1. The minimum absolute atomic E-state index is 0.0323. The maximum absolute atomic E-state index is 12.9. The number of esters is 2. The lowest BCUT2D eigenvalue weighted by molar-refractivity contribution is -0.161. The van der Waals surface area contributed by atoms with E-state index in [1.807, 2.05) is 18.2 Å². The number of aromatic nitrogens is 2. The lowest BCUT2D eigenvalue weighted by atomic mass is 10.0. The zero-order valence-corrected chi connectivity index (χ0v) is 45.0. The van der Waals surface area contributed by atoms with E-state index in [0.717, 1.165) is 80.9 Å². The van der Waals surface area contributed by atoms with Gasteiger partial charge in [-0.3, -0.25) is 23.2 Å². The monoisotopic (exact) mass is 1060 g/mol. The molecule has 2 rings (SSSR count).